The molecule has 0 saturated carbocycles. The van der Waals surface area contributed by atoms with E-state index in [1.807, 2.05) is 91.0 Å². The maximum atomic E-state index is 14.0. The quantitative estimate of drug-likeness (QED) is 0.113. The zero-order valence-corrected chi connectivity index (χ0v) is 28.8. The van der Waals surface area contributed by atoms with Crippen LogP contribution in [-0.4, -0.2) is 59.0 Å². The van der Waals surface area contributed by atoms with Gasteiger partial charge in [-0.15, -0.1) is 0 Å². The van der Waals surface area contributed by atoms with Gasteiger partial charge in [0.25, 0.3) is 5.91 Å². The van der Waals surface area contributed by atoms with Crippen molar-refractivity contribution in [2.45, 2.75) is 63.2 Å². The van der Waals surface area contributed by atoms with Gasteiger partial charge < -0.3 is 27.0 Å². The number of hydrogen-bond acceptors (Lipinski definition) is 6. The average Bonchev–Trinajstić information content (AvgIpc) is 3.12. The third-order valence-corrected chi connectivity index (χ3v) is 8.38. The molecule has 4 aromatic carbocycles. The van der Waals surface area contributed by atoms with Crippen LogP contribution in [0.15, 0.2) is 121 Å². The standard InChI is InChI=1S/C40H43N5O6/c1-26(34(46)38(50)44-32(25-28-18-10-5-11-19-28)36(48)45-40(2,3)39(41)51)42-35(47)31(24-27-16-8-4-9-17-27)43-37(49)33(29-20-12-6-13-21-29)30-22-14-7-15-23-30/h4-23,26,31-33H,24-25H2,1-3H3,(H2,41,51)(H,42,47)(H,43,49)(H,44,50)(H,45,48). The molecule has 4 rings (SSSR count). The van der Waals surface area contributed by atoms with Crippen LogP contribution in [0.3, 0.4) is 0 Å². The van der Waals surface area contributed by atoms with Gasteiger partial charge in [-0.3, -0.25) is 28.8 Å². The van der Waals surface area contributed by atoms with Gasteiger partial charge in [0.15, 0.2) is 0 Å². The highest BCUT2D eigenvalue weighted by Crippen LogP contribution is 2.25. The van der Waals surface area contributed by atoms with Crippen LogP contribution in [0.1, 0.15) is 48.9 Å². The summed E-state index contributed by atoms with van der Waals surface area (Å²) in [6, 6.07) is 32.6. The third kappa shape index (κ3) is 10.7. The van der Waals surface area contributed by atoms with Gasteiger partial charge in [0, 0.05) is 12.8 Å². The normalized spacial score (nSPS) is 12.9. The summed E-state index contributed by atoms with van der Waals surface area (Å²) in [7, 11) is 0. The summed E-state index contributed by atoms with van der Waals surface area (Å²) in [4.78, 5) is 79.5. The van der Waals surface area contributed by atoms with E-state index in [0.717, 1.165) is 16.7 Å². The van der Waals surface area contributed by atoms with Crippen LogP contribution < -0.4 is 27.0 Å². The molecule has 0 aromatic heterocycles. The number of nitrogens with two attached hydrogens (primary N) is 1. The maximum Gasteiger partial charge on any atom is 0.290 e. The molecule has 0 aliphatic rings. The molecular weight excluding hydrogens is 646 g/mol. The molecule has 3 unspecified atom stereocenters. The molecule has 0 aliphatic heterocycles. The zero-order valence-electron chi connectivity index (χ0n) is 28.8. The smallest absolute Gasteiger partial charge is 0.290 e. The van der Waals surface area contributed by atoms with Crippen molar-refractivity contribution in [1.29, 1.82) is 0 Å². The number of carbonyl (C=O) groups is 6. The molecule has 0 spiro atoms. The molecule has 0 radical (unpaired) electrons. The van der Waals surface area contributed by atoms with Crippen LogP contribution in [0.25, 0.3) is 0 Å². The highest BCUT2D eigenvalue weighted by atomic mass is 16.2. The van der Waals surface area contributed by atoms with Crippen LogP contribution in [0.4, 0.5) is 0 Å². The van der Waals surface area contributed by atoms with Crippen molar-refractivity contribution in [2.75, 3.05) is 0 Å². The van der Waals surface area contributed by atoms with E-state index < -0.39 is 64.9 Å². The van der Waals surface area contributed by atoms with E-state index in [1.165, 1.54) is 20.8 Å². The fourth-order valence-corrected chi connectivity index (χ4v) is 5.42. The molecule has 11 heteroatoms. The van der Waals surface area contributed by atoms with E-state index in [4.69, 9.17) is 5.73 Å². The molecule has 0 bridgehead atoms. The lowest BCUT2D eigenvalue weighted by molar-refractivity contribution is -0.141. The summed E-state index contributed by atoms with van der Waals surface area (Å²) in [5, 5.41) is 10.5. The molecule has 51 heavy (non-hydrogen) atoms. The van der Waals surface area contributed by atoms with Gasteiger partial charge in [-0.2, -0.15) is 0 Å². The van der Waals surface area contributed by atoms with E-state index in [1.54, 1.807) is 30.3 Å². The number of amides is 5. The summed E-state index contributed by atoms with van der Waals surface area (Å²) in [5.41, 5.74) is 6.90. The van der Waals surface area contributed by atoms with Crippen molar-refractivity contribution >= 4 is 35.3 Å². The number of benzene rings is 4. The van der Waals surface area contributed by atoms with E-state index in [-0.39, 0.29) is 12.8 Å². The topological polar surface area (TPSA) is 177 Å². The van der Waals surface area contributed by atoms with Crippen molar-refractivity contribution in [2.24, 2.45) is 5.73 Å². The minimum Gasteiger partial charge on any atom is -0.368 e. The van der Waals surface area contributed by atoms with Gasteiger partial charge in [-0.25, -0.2) is 0 Å². The average molecular weight is 690 g/mol. The van der Waals surface area contributed by atoms with Crippen molar-refractivity contribution in [3.05, 3.63) is 144 Å². The zero-order chi connectivity index (χ0) is 37.0. The summed E-state index contributed by atoms with van der Waals surface area (Å²) in [6.45, 7) is 4.19. The van der Waals surface area contributed by atoms with Crippen LogP contribution in [0, 0.1) is 0 Å². The Morgan fingerprint density at radius 1 is 0.569 bits per heavy atom. The number of primary amides is 1. The van der Waals surface area contributed by atoms with Gasteiger partial charge in [-0.1, -0.05) is 121 Å². The highest BCUT2D eigenvalue weighted by molar-refractivity contribution is 6.38. The number of carbonyl (C=O) groups excluding carboxylic acids is 6. The Morgan fingerprint density at radius 2 is 0.980 bits per heavy atom. The Bertz CT molecular complexity index is 1780. The Hall–Kier alpha value is -6.10. The van der Waals surface area contributed by atoms with Crippen molar-refractivity contribution in [1.82, 2.24) is 21.3 Å². The first kappa shape index (κ1) is 37.7. The summed E-state index contributed by atoms with van der Waals surface area (Å²) in [5.74, 6) is -5.47. The second-order valence-electron chi connectivity index (χ2n) is 12.8. The fraction of sp³-hybridized carbons (Fsp3) is 0.250. The molecular formula is C40H43N5O6. The van der Waals surface area contributed by atoms with E-state index in [2.05, 4.69) is 21.3 Å². The molecule has 6 N–H and O–H groups in total. The molecule has 5 amide bonds. The van der Waals surface area contributed by atoms with E-state index in [0.29, 0.717) is 5.56 Å². The summed E-state index contributed by atoms with van der Waals surface area (Å²) < 4.78 is 0. The van der Waals surface area contributed by atoms with Crippen LogP contribution in [0.2, 0.25) is 0 Å². The molecule has 264 valence electrons. The first-order valence-corrected chi connectivity index (χ1v) is 16.6. The predicted molar refractivity (Wildman–Crippen MR) is 193 cm³/mol. The SMILES string of the molecule is CC(NC(=O)C(Cc1ccccc1)NC(=O)C(c1ccccc1)c1ccccc1)C(=O)C(=O)NC(Cc1ccccc1)C(=O)NC(C)(C)C(N)=O. The molecule has 11 nitrogen and oxygen atoms in total. The number of nitrogens with one attached hydrogen (secondary N) is 4. The first-order valence-electron chi connectivity index (χ1n) is 16.6. The lowest BCUT2D eigenvalue weighted by atomic mass is 9.90. The molecule has 0 fully saturated rings. The first-order chi connectivity index (χ1) is 24.4. The number of hydrogen-bond donors (Lipinski definition) is 5. The Morgan fingerprint density at radius 3 is 1.41 bits per heavy atom. The van der Waals surface area contributed by atoms with E-state index in [9.17, 15) is 28.8 Å². The predicted octanol–water partition coefficient (Wildman–Crippen LogP) is 2.73. The van der Waals surface area contributed by atoms with Crippen LogP contribution >= 0.6 is 0 Å². The largest absolute Gasteiger partial charge is 0.368 e. The minimum absolute atomic E-state index is 0.0104. The molecule has 4 aromatic rings. The van der Waals surface area contributed by atoms with Gasteiger partial charge in [-0.05, 0) is 43.0 Å². The minimum atomic E-state index is -1.43. The molecule has 3 atom stereocenters. The Balaban J connectivity index is 1.52. The van der Waals surface area contributed by atoms with Gasteiger partial charge in [0.2, 0.25) is 29.4 Å². The van der Waals surface area contributed by atoms with Crippen molar-refractivity contribution in [3.8, 4) is 0 Å². The highest BCUT2D eigenvalue weighted by Gasteiger charge is 2.34. The lowest BCUT2D eigenvalue weighted by Gasteiger charge is -2.27. The second kappa shape index (κ2) is 17.5. The van der Waals surface area contributed by atoms with Gasteiger partial charge in [0.05, 0.1) is 12.0 Å². The number of Topliss-reactive ketones (excluding diaryl/α,β-unsaturated/α-hetero) is 1. The number of rotatable bonds is 16. The van der Waals surface area contributed by atoms with Crippen LogP contribution in [-0.2, 0) is 41.6 Å². The fourth-order valence-electron chi connectivity index (χ4n) is 5.42. The Labute approximate surface area is 297 Å². The number of ketones is 1. The van der Waals surface area contributed by atoms with E-state index >= 15 is 0 Å². The Kier molecular flexibility index (Phi) is 13.0. The second-order valence-corrected chi connectivity index (χ2v) is 12.8. The molecule has 0 saturated heterocycles. The van der Waals surface area contributed by atoms with Crippen molar-refractivity contribution in [3.63, 3.8) is 0 Å². The van der Waals surface area contributed by atoms with Crippen molar-refractivity contribution < 1.29 is 28.8 Å². The monoisotopic (exact) mass is 689 g/mol. The summed E-state index contributed by atoms with van der Waals surface area (Å²) >= 11 is 0. The van der Waals surface area contributed by atoms with Gasteiger partial charge >= 0.3 is 0 Å². The molecule has 0 heterocycles. The van der Waals surface area contributed by atoms with Gasteiger partial charge in [0.1, 0.15) is 17.6 Å². The third-order valence-electron chi connectivity index (χ3n) is 8.38. The van der Waals surface area contributed by atoms with Crippen LogP contribution in [0.5, 0.6) is 0 Å². The maximum absolute atomic E-state index is 14.0. The lowest BCUT2D eigenvalue weighted by Crippen LogP contribution is -2.60. The summed E-state index contributed by atoms with van der Waals surface area (Å²) in [6.07, 6.45) is 0.118. The molecule has 0 aliphatic carbocycles.